The minimum Gasteiger partial charge on any atom is -0.478 e. The Bertz CT molecular complexity index is 636. The van der Waals surface area contributed by atoms with E-state index in [2.05, 4.69) is 19.2 Å². The van der Waals surface area contributed by atoms with E-state index in [1.165, 1.54) is 0 Å². The third kappa shape index (κ3) is 2.74. The van der Waals surface area contributed by atoms with Crippen molar-refractivity contribution in [3.05, 3.63) is 53.6 Å². The van der Waals surface area contributed by atoms with Crippen molar-refractivity contribution >= 4 is 23.0 Å². The van der Waals surface area contributed by atoms with E-state index in [0.717, 1.165) is 11.3 Å². The molecule has 0 aliphatic rings. The van der Waals surface area contributed by atoms with E-state index in [0.29, 0.717) is 17.3 Å². The van der Waals surface area contributed by atoms with Crippen molar-refractivity contribution in [2.24, 2.45) is 0 Å². The van der Waals surface area contributed by atoms with Gasteiger partial charge >= 0.3 is 5.97 Å². The predicted octanol–water partition coefficient (Wildman–Crippen LogP) is 3.83. The molecule has 0 radical (unpaired) electrons. The lowest BCUT2D eigenvalue weighted by atomic mass is 10.0. The Morgan fingerprint density at radius 2 is 1.85 bits per heavy atom. The Hall–Kier alpha value is -2.49. The zero-order valence-corrected chi connectivity index (χ0v) is 11.6. The lowest BCUT2D eigenvalue weighted by molar-refractivity contribution is 0.0698. The molecule has 2 rings (SSSR count). The normalized spacial score (nSPS) is 10.6. The van der Waals surface area contributed by atoms with Gasteiger partial charge in [0.2, 0.25) is 0 Å². The van der Waals surface area contributed by atoms with Crippen molar-refractivity contribution in [1.82, 2.24) is 0 Å². The first-order valence-corrected chi connectivity index (χ1v) is 6.48. The molecular weight excluding hydrogens is 252 g/mol. The molecule has 0 saturated carbocycles. The highest BCUT2D eigenvalue weighted by molar-refractivity contribution is 5.98. The van der Waals surface area contributed by atoms with Gasteiger partial charge in [-0.25, -0.2) is 4.79 Å². The fourth-order valence-electron chi connectivity index (χ4n) is 2.14. The third-order valence-electron chi connectivity index (χ3n) is 3.17. The molecular formula is C16H18N2O2. The lowest BCUT2D eigenvalue weighted by Crippen LogP contribution is -2.07. The number of carbonyl (C=O) groups is 1. The Balaban J connectivity index is 2.48. The smallest absolute Gasteiger partial charge is 0.337 e. The molecule has 4 nitrogen and oxygen atoms in total. The lowest BCUT2D eigenvalue weighted by Gasteiger charge is -2.17. The molecule has 2 aromatic carbocycles. The van der Waals surface area contributed by atoms with Crippen LogP contribution >= 0.6 is 0 Å². The van der Waals surface area contributed by atoms with Crippen molar-refractivity contribution in [2.75, 3.05) is 11.1 Å². The highest BCUT2D eigenvalue weighted by Gasteiger charge is 2.14. The van der Waals surface area contributed by atoms with Crippen molar-refractivity contribution < 1.29 is 9.90 Å². The highest BCUT2D eigenvalue weighted by atomic mass is 16.4. The van der Waals surface area contributed by atoms with Gasteiger partial charge < -0.3 is 16.2 Å². The van der Waals surface area contributed by atoms with E-state index in [9.17, 15) is 9.90 Å². The number of carboxylic acid groups (broad SMARTS) is 1. The number of para-hydroxylation sites is 2. The van der Waals surface area contributed by atoms with Gasteiger partial charge in [-0.05, 0) is 29.7 Å². The summed E-state index contributed by atoms with van der Waals surface area (Å²) in [6.45, 7) is 4.18. The highest BCUT2D eigenvalue weighted by Crippen LogP contribution is 2.31. The zero-order chi connectivity index (χ0) is 14.7. The Morgan fingerprint density at radius 3 is 2.50 bits per heavy atom. The molecule has 4 N–H and O–H groups in total. The van der Waals surface area contributed by atoms with Gasteiger partial charge in [-0.2, -0.15) is 0 Å². The quantitative estimate of drug-likeness (QED) is 0.738. The molecule has 0 aromatic heterocycles. The van der Waals surface area contributed by atoms with Gasteiger partial charge in [0.15, 0.2) is 0 Å². The Kier molecular flexibility index (Phi) is 3.94. The zero-order valence-electron chi connectivity index (χ0n) is 11.6. The van der Waals surface area contributed by atoms with Gasteiger partial charge in [0.1, 0.15) is 0 Å². The number of aromatic carboxylic acids is 1. The Morgan fingerprint density at radius 1 is 1.15 bits per heavy atom. The number of hydrogen-bond donors (Lipinski definition) is 3. The number of hydrogen-bond acceptors (Lipinski definition) is 3. The number of rotatable bonds is 4. The van der Waals surface area contributed by atoms with E-state index < -0.39 is 5.97 Å². The molecule has 4 heteroatoms. The first kappa shape index (κ1) is 13.9. The summed E-state index contributed by atoms with van der Waals surface area (Å²) in [5.74, 6) is -0.668. The van der Waals surface area contributed by atoms with Crippen molar-refractivity contribution in [3.8, 4) is 0 Å². The molecule has 0 bridgehead atoms. The molecule has 104 valence electrons. The van der Waals surface area contributed by atoms with E-state index in [4.69, 9.17) is 5.73 Å². The maximum absolute atomic E-state index is 11.3. The van der Waals surface area contributed by atoms with Gasteiger partial charge in [-0.1, -0.05) is 38.1 Å². The van der Waals surface area contributed by atoms with Crippen LogP contribution in [-0.2, 0) is 0 Å². The molecule has 0 spiro atoms. The van der Waals surface area contributed by atoms with E-state index in [1.54, 1.807) is 18.2 Å². The summed E-state index contributed by atoms with van der Waals surface area (Å²) < 4.78 is 0. The maximum Gasteiger partial charge on any atom is 0.337 e. The number of anilines is 3. The second-order valence-electron chi connectivity index (χ2n) is 4.94. The fraction of sp³-hybridized carbons (Fsp3) is 0.188. The summed E-state index contributed by atoms with van der Waals surface area (Å²) in [4.78, 5) is 11.3. The summed E-state index contributed by atoms with van der Waals surface area (Å²) in [6.07, 6.45) is 0. The van der Waals surface area contributed by atoms with Crippen molar-refractivity contribution in [1.29, 1.82) is 0 Å². The maximum atomic E-state index is 11.3. The topological polar surface area (TPSA) is 75.3 Å². The first-order chi connectivity index (χ1) is 9.50. The van der Waals surface area contributed by atoms with E-state index >= 15 is 0 Å². The molecule has 0 atom stereocenters. The molecule has 0 aliphatic carbocycles. The van der Waals surface area contributed by atoms with Gasteiger partial charge in [0.25, 0.3) is 0 Å². The van der Waals surface area contributed by atoms with Crippen LogP contribution in [0, 0.1) is 0 Å². The van der Waals surface area contributed by atoms with Crippen LogP contribution in [-0.4, -0.2) is 11.1 Å². The second-order valence-corrected chi connectivity index (χ2v) is 4.94. The number of carboxylic acids is 1. The fourth-order valence-corrected chi connectivity index (χ4v) is 2.14. The largest absolute Gasteiger partial charge is 0.478 e. The predicted molar refractivity (Wildman–Crippen MR) is 81.6 cm³/mol. The average Bonchev–Trinajstić information content (AvgIpc) is 2.41. The molecule has 20 heavy (non-hydrogen) atoms. The number of benzene rings is 2. The molecule has 0 saturated heterocycles. The van der Waals surface area contributed by atoms with E-state index in [1.807, 2.05) is 24.3 Å². The SMILES string of the molecule is CC(C)c1ccccc1Nc1c(N)cccc1C(=O)O. The molecule has 0 heterocycles. The van der Waals surface area contributed by atoms with Crippen LogP contribution in [0.4, 0.5) is 17.1 Å². The van der Waals surface area contributed by atoms with Gasteiger partial charge in [-0.3, -0.25) is 0 Å². The molecule has 2 aromatic rings. The second kappa shape index (κ2) is 5.65. The first-order valence-electron chi connectivity index (χ1n) is 6.48. The third-order valence-corrected chi connectivity index (χ3v) is 3.17. The number of nitrogens with one attached hydrogen (secondary N) is 1. The van der Waals surface area contributed by atoms with Crippen LogP contribution in [0.15, 0.2) is 42.5 Å². The van der Waals surface area contributed by atoms with Crippen molar-refractivity contribution in [2.45, 2.75) is 19.8 Å². The number of nitrogens with two attached hydrogens (primary N) is 1. The van der Waals surface area contributed by atoms with Gasteiger partial charge in [-0.15, -0.1) is 0 Å². The van der Waals surface area contributed by atoms with Crippen LogP contribution in [0.3, 0.4) is 0 Å². The van der Waals surface area contributed by atoms with Crippen LogP contribution in [0.1, 0.15) is 35.7 Å². The van der Waals surface area contributed by atoms with Crippen LogP contribution < -0.4 is 11.1 Å². The molecule has 0 fully saturated rings. The summed E-state index contributed by atoms with van der Waals surface area (Å²) in [5, 5.41) is 12.4. The molecule has 0 amide bonds. The van der Waals surface area contributed by atoms with Crippen LogP contribution in [0.5, 0.6) is 0 Å². The minimum absolute atomic E-state index is 0.170. The summed E-state index contributed by atoms with van der Waals surface area (Å²) in [6, 6.07) is 12.7. The number of nitrogen functional groups attached to an aromatic ring is 1. The van der Waals surface area contributed by atoms with Gasteiger partial charge in [0.05, 0.1) is 16.9 Å². The van der Waals surface area contributed by atoms with E-state index in [-0.39, 0.29) is 5.56 Å². The molecule has 0 aliphatic heterocycles. The monoisotopic (exact) mass is 270 g/mol. The molecule has 0 unspecified atom stereocenters. The summed E-state index contributed by atoms with van der Waals surface area (Å²) >= 11 is 0. The summed E-state index contributed by atoms with van der Waals surface area (Å²) in [5.41, 5.74) is 8.93. The summed E-state index contributed by atoms with van der Waals surface area (Å²) in [7, 11) is 0. The standard InChI is InChI=1S/C16H18N2O2/c1-10(2)11-6-3-4-9-14(11)18-15-12(16(19)20)7-5-8-13(15)17/h3-10,18H,17H2,1-2H3,(H,19,20). The van der Waals surface area contributed by atoms with Crippen molar-refractivity contribution in [3.63, 3.8) is 0 Å². The van der Waals surface area contributed by atoms with Crippen LogP contribution in [0.25, 0.3) is 0 Å². The van der Waals surface area contributed by atoms with Gasteiger partial charge in [0, 0.05) is 5.69 Å². The minimum atomic E-state index is -0.998. The van der Waals surface area contributed by atoms with Crippen LogP contribution in [0.2, 0.25) is 0 Å². The average molecular weight is 270 g/mol. The Labute approximate surface area is 118 Å².